The van der Waals surface area contributed by atoms with Crippen molar-refractivity contribution in [3.8, 4) is 0 Å². The molecule has 0 aliphatic heterocycles. The molecule has 0 amide bonds. The second-order valence-corrected chi connectivity index (χ2v) is 4.76. The summed E-state index contributed by atoms with van der Waals surface area (Å²) < 4.78 is 51.0. The largest absolute Gasteiger partial charge is 0.433 e. The van der Waals surface area contributed by atoms with Crippen LogP contribution in [-0.2, 0) is 6.18 Å². The third kappa shape index (κ3) is 3.19. The molecular formula is C12H8BrF4N3. The van der Waals surface area contributed by atoms with E-state index in [-0.39, 0.29) is 15.8 Å². The zero-order chi connectivity index (χ0) is 14.9. The number of benzene rings is 1. The monoisotopic (exact) mass is 349 g/mol. The molecule has 0 spiro atoms. The molecule has 3 N–H and O–H groups in total. The Hall–Kier alpha value is -1.83. The van der Waals surface area contributed by atoms with Crippen molar-refractivity contribution in [1.29, 1.82) is 0 Å². The Morgan fingerprint density at radius 1 is 1.20 bits per heavy atom. The molecule has 1 heterocycles. The number of nitrogens with two attached hydrogens (primary N) is 1. The Balaban J connectivity index is 2.35. The van der Waals surface area contributed by atoms with E-state index < -0.39 is 17.7 Å². The van der Waals surface area contributed by atoms with Gasteiger partial charge in [-0.1, -0.05) is 0 Å². The van der Waals surface area contributed by atoms with Crippen molar-refractivity contribution in [2.24, 2.45) is 0 Å². The average Bonchev–Trinajstić information content (AvgIpc) is 2.35. The van der Waals surface area contributed by atoms with Gasteiger partial charge < -0.3 is 11.1 Å². The van der Waals surface area contributed by atoms with E-state index in [2.05, 4.69) is 26.2 Å². The van der Waals surface area contributed by atoms with Gasteiger partial charge in [-0.05, 0) is 40.2 Å². The predicted octanol–water partition coefficient (Wildman–Crippen LogP) is 4.33. The van der Waals surface area contributed by atoms with Crippen LogP contribution in [0.1, 0.15) is 5.69 Å². The summed E-state index contributed by atoms with van der Waals surface area (Å²) in [6.45, 7) is 0. The van der Waals surface area contributed by atoms with Crippen molar-refractivity contribution in [3.63, 3.8) is 0 Å². The fourth-order valence-electron chi connectivity index (χ4n) is 1.46. The maximum atomic E-state index is 13.1. The van der Waals surface area contributed by atoms with Gasteiger partial charge in [-0.2, -0.15) is 13.2 Å². The number of aromatic nitrogens is 1. The quantitative estimate of drug-likeness (QED) is 0.793. The Morgan fingerprint density at radius 3 is 2.50 bits per heavy atom. The molecule has 8 heteroatoms. The van der Waals surface area contributed by atoms with Gasteiger partial charge in [0.05, 0.1) is 22.0 Å². The van der Waals surface area contributed by atoms with Gasteiger partial charge >= 0.3 is 6.18 Å². The molecule has 0 saturated carbocycles. The van der Waals surface area contributed by atoms with E-state index in [1.54, 1.807) is 0 Å². The predicted molar refractivity (Wildman–Crippen MR) is 71.0 cm³/mol. The molecule has 2 aromatic rings. The first-order valence-electron chi connectivity index (χ1n) is 5.32. The summed E-state index contributed by atoms with van der Waals surface area (Å²) in [6, 6.07) is 4.75. The lowest BCUT2D eigenvalue weighted by Crippen LogP contribution is -2.09. The summed E-state index contributed by atoms with van der Waals surface area (Å²) in [6.07, 6.45) is -3.64. The number of hydrogen-bond acceptors (Lipinski definition) is 3. The number of rotatable bonds is 2. The van der Waals surface area contributed by atoms with Gasteiger partial charge in [0.1, 0.15) is 11.5 Å². The normalized spacial score (nSPS) is 11.4. The zero-order valence-corrected chi connectivity index (χ0v) is 11.4. The van der Waals surface area contributed by atoms with E-state index in [9.17, 15) is 17.6 Å². The molecule has 0 atom stereocenters. The van der Waals surface area contributed by atoms with Crippen LogP contribution < -0.4 is 11.1 Å². The topological polar surface area (TPSA) is 50.9 Å². The first-order chi connectivity index (χ1) is 9.27. The first kappa shape index (κ1) is 14.6. The van der Waals surface area contributed by atoms with Crippen LogP contribution in [0.3, 0.4) is 0 Å². The summed E-state index contributed by atoms with van der Waals surface area (Å²) in [5, 5.41) is 2.69. The SMILES string of the molecule is Nc1cnc(C(F)(F)F)cc1Nc1ccc(F)c(Br)c1. The molecule has 0 aliphatic carbocycles. The highest BCUT2D eigenvalue weighted by molar-refractivity contribution is 9.10. The van der Waals surface area contributed by atoms with Crippen LogP contribution in [0.15, 0.2) is 34.9 Å². The van der Waals surface area contributed by atoms with E-state index >= 15 is 0 Å². The summed E-state index contributed by atoms with van der Waals surface area (Å²) in [4.78, 5) is 3.22. The molecule has 0 radical (unpaired) electrons. The van der Waals surface area contributed by atoms with Gasteiger partial charge in [-0.25, -0.2) is 9.37 Å². The van der Waals surface area contributed by atoms with Crippen molar-refractivity contribution in [1.82, 2.24) is 4.98 Å². The van der Waals surface area contributed by atoms with E-state index in [0.717, 1.165) is 12.3 Å². The van der Waals surface area contributed by atoms with Crippen LogP contribution in [0.5, 0.6) is 0 Å². The van der Waals surface area contributed by atoms with Crippen LogP contribution >= 0.6 is 15.9 Å². The molecule has 106 valence electrons. The second-order valence-electron chi connectivity index (χ2n) is 3.91. The Bertz CT molecular complexity index is 643. The fourth-order valence-corrected chi connectivity index (χ4v) is 1.84. The minimum absolute atomic E-state index is 0.0471. The lowest BCUT2D eigenvalue weighted by Gasteiger charge is -2.12. The van der Waals surface area contributed by atoms with E-state index in [4.69, 9.17) is 5.73 Å². The fraction of sp³-hybridized carbons (Fsp3) is 0.0833. The van der Waals surface area contributed by atoms with Gasteiger partial charge in [-0.15, -0.1) is 0 Å². The molecule has 20 heavy (non-hydrogen) atoms. The Morgan fingerprint density at radius 2 is 1.90 bits per heavy atom. The lowest BCUT2D eigenvalue weighted by atomic mass is 10.2. The summed E-state index contributed by atoms with van der Waals surface area (Å²) in [7, 11) is 0. The minimum atomic E-state index is -4.56. The minimum Gasteiger partial charge on any atom is -0.396 e. The molecule has 0 unspecified atom stereocenters. The highest BCUT2D eigenvalue weighted by atomic mass is 79.9. The van der Waals surface area contributed by atoms with E-state index in [1.165, 1.54) is 18.2 Å². The molecule has 0 saturated heterocycles. The summed E-state index contributed by atoms with van der Waals surface area (Å²) in [5.41, 5.74) is 5.00. The zero-order valence-electron chi connectivity index (χ0n) is 9.80. The van der Waals surface area contributed by atoms with Crippen molar-refractivity contribution in [3.05, 3.63) is 46.4 Å². The third-order valence-corrected chi connectivity index (χ3v) is 3.03. The lowest BCUT2D eigenvalue weighted by molar-refractivity contribution is -0.141. The Labute approximate surface area is 119 Å². The van der Waals surface area contributed by atoms with E-state index in [0.29, 0.717) is 5.69 Å². The van der Waals surface area contributed by atoms with Crippen LogP contribution in [-0.4, -0.2) is 4.98 Å². The van der Waals surface area contributed by atoms with Crippen LogP contribution in [0.2, 0.25) is 0 Å². The molecule has 2 rings (SSSR count). The Kier molecular flexibility index (Phi) is 3.85. The van der Waals surface area contributed by atoms with Crippen LogP contribution in [0, 0.1) is 5.82 Å². The summed E-state index contributed by atoms with van der Waals surface area (Å²) >= 11 is 2.99. The summed E-state index contributed by atoms with van der Waals surface area (Å²) in [5.74, 6) is -0.478. The number of hydrogen-bond donors (Lipinski definition) is 2. The molecule has 0 bridgehead atoms. The number of anilines is 3. The highest BCUT2D eigenvalue weighted by Gasteiger charge is 2.32. The average molecular weight is 350 g/mol. The smallest absolute Gasteiger partial charge is 0.396 e. The number of alkyl halides is 3. The van der Waals surface area contributed by atoms with Gasteiger partial charge in [0.25, 0.3) is 0 Å². The number of nitrogens with zero attached hydrogens (tertiary/aromatic N) is 1. The first-order valence-corrected chi connectivity index (χ1v) is 6.11. The number of nitrogens with one attached hydrogen (secondary N) is 1. The van der Waals surface area contributed by atoms with Gasteiger partial charge in [0.15, 0.2) is 0 Å². The van der Waals surface area contributed by atoms with Crippen molar-refractivity contribution >= 4 is 33.0 Å². The van der Waals surface area contributed by atoms with Gasteiger partial charge in [-0.3, -0.25) is 0 Å². The molecule has 1 aromatic heterocycles. The molecule has 1 aromatic carbocycles. The van der Waals surface area contributed by atoms with Crippen molar-refractivity contribution < 1.29 is 17.6 Å². The molecular weight excluding hydrogens is 342 g/mol. The van der Waals surface area contributed by atoms with Crippen molar-refractivity contribution in [2.45, 2.75) is 6.18 Å². The van der Waals surface area contributed by atoms with Crippen LogP contribution in [0.4, 0.5) is 34.6 Å². The number of pyridine rings is 1. The standard InChI is InChI=1S/C12H8BrF4N3/c13-7-3-6(1-2-8(7)14)20-10-4-11(12(15,16)17)19-5-9(10)18/h1-5H,18H2,(H,19,20). The van der Waals surface area contributed by atoms with Crippen molar-refractivity contribution in [2.75, 3.05) is 11.1 Å². The van der Waals surface area contributed by atoms with E-state index in [1.807, 2.05) is 0 Å². The molecule has 0 fully saturated rings. The second kappa shape index (κ2) is 5.28. The maximum Gasteiger partial charge on any atom is 0.433 e. The van der Waals surface area contributed by atoms with Crippen LogP contribution in [0.25, 0.3) is 0 Å². The maximum absolute atomic E-state index is 13.1. The highest BCUT2D eigenvalue weighted by Crippen LogP contribution is 2.32. The molecule has 0 aliphatic rings. The third-order valence-electron chi connectivity index (χ3n) is 2.42. The number of nitrogen functional groups attached to an aromatic ring is 1. The molecule has 3 nitrogen and oxygen atoms in total. The number of halogens is 5. The van der Waals surface area contributed by atoms with Gasteiger partial charge in [0, 0.05) is 5.69 Å². The van der Waals surface area contributed by atoms with Gasteiger partial charge in [0.2, 0.25) is 0 Å².